The summed E-state index contributed by atoms with van der Waals surface area (Å²) in [6.07, 6.45) is 3.41. The fourth-order valence-electron chi connectivity index (χ4n) is 3.28. The molecule has 1 amide bonds. The molecular formula is C24H22ClN5O2S. The number of amides is 1. The first-order chi connectivity index (χ1) is 16.0. The Morgan fingerprint density at radius 1 is 1.09 bits per heavy atom. The SMILES string of the molecule is COc1ccccc1NC(=O)[C@H](C)Sc1nnc(-c2ccncc2)n1-c1cccc(Cl)c1C. The van der Waals surface area contributed by atoms with Crippen molar-refractivity contribution in [2.24, 2.45) is 0 Å². The minimum absolute atomic E-state index is 0.174. The van der Waals surface area contributed by atoms with Gasteiger partial charge in [0, 0.05) is 23.0 Å². The van der Waals surface area contributed by atoms with Crippen LogP contribution in [-0.4, -0.2) is 38.0 Å². The molecule has 1 atom stereocenters. The molecule has 0 radical (unpaired) electrons. The maximum Gasteiger partial charge on any atom is 0.237 e. The molecule has 0 unspecified atom stereocenters. The van der Waals surface area contributed by atoms with E-state index in [9.17, 15) is 4.79 Å². The van der Waals surface area contributed by atoms with Crippen molar-refractivity contribution in [2.45, 2.75) is 24.3 Å². The number of halogens is 1. The van der Waals surface area contributed by atoms with E-state index in [-0.39, 0.29) is 5.91 Å². The van der Waals surface area contributed by atoms with E-state index in [4.69, 9.17) is 16.3 Å². The van der Waals surface area contributed by atoms with Gasteiger partial charge in [0.25, 0.3) is 0 Å². The van der Waals surface area contributed by atoms with Gasteiger partial charge >= 0.3 is 0 Å². The highest BCUT2D eigenvalue weighted by molar-refractivity contribution is 8.00. The molecule has 4 aromatic rings. The fraction of sp³-hybridized carbons (Fsp3) is 0.167. The second-order valence-electron chi connectivity index (χ2n) is 7.21. The van der Waals surface area contributed by atoms with Crippen molar-refractivity contribution < 1.29 is 9.53 Å². The number of methoxy groups -OCH3 is 1. The third kappa shape index (κ3) is 4.86. The topological polar surface area (TPSA) is 81.9 Å². The molecular weight excluding hydrogens is 458 g/mol. The monoisotopic (exact) mass is 479 g/mol. The van der Waals surface area contributed by atoms with Crippen molar-refractivity contribution in [1.29, 1.82) is 0 Å². The zero-order chi connectivity index (χ0) is 23.4. The molecule has 4 rings (SSSR count). The van der Waals surface area contributed by atoms with Crippen LogP contribution in [0.15, 0.2) is 72.1 Å². The normalized spacial score (nSPS) is 11.8. The summed E-state index contributed by atoms with van der Waals surface area (Å²) in [4.78, 5) is 17.0. The number of carbonyl (C=O) groups is 1. The lowest BCUT2D eigenvalue weighted by Crippen LogP contribution is -2.23. The highest BCUT2D eigenvalue weighted by Gasteiger charge is 2.23. The fourth-order valence-corrected chi connectivity index (χ4v) is 4.31. The average molecular weight is 480 g/mol. The van der Waals surface area contributed by atoms with E-state index in [1.807, 2.05) is 60.9 Å². The second-order valence-corrected chi connectivity index (χ2v) is 8.93. The summed E-state index contributed by atoms with van der Waals surface area (Å²) >= 11 is 7.72. The largest absolute Gasteiger partial charge is 0.495 e. The number of pyridine rings is 1. The lowest BCUT2D eigenvalue weighted by molar-refractivity contribution is -0.115. The van der Waals surface area contributed by atoms with Gasteiger partial charge in [0.2, 0.25) is 5.91 Å². The molecule has 0 aliphatic carbocycles. The molecule has 0 bridgehead atoms. The van der Waals surface area contributed by atoms with Gasteiger partial charge in [-0.2, -0.15) is 0 Å². The summed E-state index contributed by atoms with van der Waals surface area (Å²) in [5.41, 5.74) is 3.21. The van der Waals surface area contributed by atoms with E-state index in [0.717, 1.165) is 16.8 Å². The number of hydrogen-bond donors (Lipinski definition) is 1. The molecule has 7 nitrogen and oxygen atoms in total. The Bertz CT molecular complexity index is 1280. The molecule has 0 aliphatic heterocycles. The molecule has 2 aromatic carbocycles. The summed E-state index contributed by atoms with van der Waals surface area (Å²) in [6, 6.07) is 16.7. The predicted molar refractivity (Wildman–Crippen MR) is 131 cm³/mol. The number of rotatable bonds is 7. The molecule has 0 fully saturated rings. The molecule has 0 saturated heterocycles. The number of ether oxygens (including phenoxy) is 1. The summed E-state index contributed by atoms with van der Waals surface area (Å²) in [7, 11) is 1.57. The predicted octanol–water partition coefficient (Wildman–Crippen LogP) is 5.42. The maximum atomic E-state index is 13.0. The molecule has 0 aliphatic rings. The van der Waals surface area contributed by atoms with Gasteiger partial charge in [-0.05, 0) is 55.8 Å². The van der Waals surface area contributed by atoms with Gasteiger partial charge in [-0.25, -0.2) is 0 Å². The molecule has 0 saturated carbocycles. The summed E-state index contributed by atoms with van der Waals surface area (Å²) in [5, 5.41) is 12.5. The zero-order valence-electron chi connectivity index (χ0n) is 18.3. The number of benzene rings is 2. The minimum Gasteiger partial charge on any atom is -0.495 e. The Morgan fingerprint density at radius 2 is 1.85 bits per heavy atom. The number of thioether (sulfide) groups is 1. The first-order valence-electron chi connectivity index (χ1n) is 10.2. The van der Waals surface area contributed by atoms with Crippen molar-refractivity contribution in [3.8, 4) is 22.8 Å². The van der Waals surface area contributed by atoms with Crippen molar-refractivity contribution >= 4 is 35.0 Å². The number of para-hydroxylation sites is 2. The van der Waals surface area contributed by atoms with Crippen molar-refractivity contribution in [1.82, 2.24) is 19.7 Å². The Labute approximate surface area is 201 Å². The van der Waals surface area contributed by atoms with E-state index < -0.39 is 5.25 Å². The third-order valence-electron chi connectivity index (χ3n) is 5.07. The molecule has 0 spiro atoms. The number of anilines is 1. The highest BCUT2D eigenvalue weighted by atomic mass is 35.5. The summed E-state index contributed by atoms with van der Waals surface area (Å²) in [6.45, 7) is 3.77. The Hall–Kier alpha value is -3.36. The van der Waals surface area contributed by atoms with Gasteiger partial charge in [0.05, 0.1) is 23.7 Å². The standard InChI is InChI=1S/C24H22ClN5O2S/c1-15-18(25)7-6-9-20(15)30-22(17-11-13-26-14-12-17)28-29-24(30)33-16(2)23(31)27-19-8-4-5-10-21(19)32-3/h4-14,16H,1-3H3,(H,27,31)/t16-/m0/s1. The van der Waals surface area contributed by atoms with Crippen LogP contribution in [0.5, 0.6) is 5.75 Å². The smallest absolute Gasteiger partial charge is 0.237 e. The summed E-state index contributed by atoms with van der Waals surface area (Å²) in [5.74, 6) is 1.07. The van der Waals surface area contributed by atoms with E-state index in [0.29, 0.717) is 27.4 Å². The van der Waals surface area contributed by atoms with Crippen LogP contribution in [0.4, 0.5) is 5.69 Å². The molecule has 1 N–H and O–H groups in total. The lowest BCUT2D eigenvalue weighted by atomic mass is 10.2. The molecule has 2 heterocycles. The van der Waals surface area contributed by atoms with Crippen LogP contribution in [0.1, 0.15) is 12.5 Å². The Morgan fingerprint density at radius 3 is 2.61 bits per heavy atom. The van der Waals surface area contributed by atoms with Gasteiger partial charge in [0.1, 0.15) is 5.75 Å². The maximum absolute atomic E-state index is 13.0. The van der Waals surface area contributed by atoms with Gasteiger partial charge in [-0.3, -0.25) is 14.3 Å². The molecule has 9 heteroatoms. The zero-order valence-corrected chi connectivity index (χ0v) is 19.9. The number of aromatic nitrogens is 4. The third-order valence-corrected chi connectivity index (χ3v) is 6.52. The van der Waals surface area contributed by atoms with Crippen LogP contribution in [0.3, 0.4) is 0 Å². The van der Waals surface area contributed by atoms with Crippen LogP contribution in [0.2, 0.25) is 5.02 Å². The number of carbonyl (C=O) groups excluding carboxylic acids is 1. The summed E-state index contributed by atoms with van der Waals surface area (Å²) < 4.78 is 7.26. The average Bonchev–Trinajstić information content (AvgIpc) is 3.25. The molecule has 33 heavy (non-hydrogen) atoms. The number of nitrogens with one attached hydrogen (secondary N) is 1. The number of nitrogens with zero attached hydrogens (tertiary/aromatic N) is 4. The van der Waals surface area contributed by atoms with Crippen LogP contribution >= 0.6 is 23.4 Å². The Balaban J connectivity index is 1.68. The van der Waals surface area contributed by atoms with Crippen molar-refractivity contribution in [3.05, 3.63) is 77.6 Å². The Kier molecular flexibility index (Phi) is 6.96. The minimum atomic E-state index is -0.456. The molecule has 2 aromatic heterocycles. The van der Waals surface area contributed by atoms with Crippen molar-refractivity contribution in [3.63, 3.8) is 0 Å². The van der Waals surface area contributed by atoms with E-state index in [1.54, 1.807) is 31.6 Å². The van der Waals surface area contributed by atoms with Gasteiger partial charge in [-0.1, -0.05) is 41.6 Å². The van der Waals surface area contributed by atoms with Crippen LogP contribution in [0.25, 0.3) is 17.1 Å². The first kappa shape index (κ1) is 22.8. The van der Waals surface area contributed by atoms with Gasteiger partial charge in [-0.15, -0.1) is 10.2 Å². The first-order valence-corrected chi connectivity index (χ1v) is 11.5. The highest BCUT2D eigenvalue weighted by Crippen LogP contribution is 2.33. The number of hydrogen-bond acceptors (Lipinski definition) is 6. The van der Waals surface area contributed by atoms with E-state index >= 15 is 0 Å². The van der Waals surface area contributed by atoms with Gasteiger partial charge in [0.15, 0.2) is 11.0 Å². The second kappa shape index (κ2) is 10.1. The lowest BCUT2D eigenvalue weighted by Gasteiger charge is -2.16. The molecule has 168 valence electrons. The van der Waals surface area contributed by atoms with E-state index in [1.165, 1.54) is 11.8 Å². The van der Waals surface area contributed by atoms with Crippen LogP contribution < -0.4 is 10.1 Å². The van der Waals surface area contributed by atoms with Gasteiger partial charge < -0.3 is 10.1 Å². The van der Waals surface area contributed by atoms with Crippen LogP contribution in [0, 0.1) is 6.92 Å². The quantitative estimate of drug-likeness (QED) is 0.356. The van der Waals surface area contributed by atoms with Crippen LogP contribution in [-0.2, 0) is 4.79 Å². The van der Waals surface area contributed by atoms with Crippen molar-refractivity contribution in [2.75, 3.05) is 12.4 Å². The van der Waals surface area contributed by atoms with E-state index in [2.05, 4.69) is 20.5 Å².